The van der Waals surface area contributed by atoms with Gasteiger partial charge in [0, 0.05) is 11.1 Å². The van der Waals surface area contributed by atoms with Gasteiger partial charge in [-0.2, -0.15) is 0 Å². The van der Waals surface area contributed by atoms with Crippen molar-refractivity contribution in [3.8, 4) is 5.75 Å². The molecule has 1 aromatic carbocycles. The molecular weight excluding hydrogens is 222 g/mol. The molecule has 0 heterocycles. The van der Waals surface area contributed by atoms with Gasteiger partial charge in [-0.3, -0.25) is 0 Å². The first-order valence-electron chi connectivity index (χ1n) is 5.37. The summed E-state index contributed by atoms with van der Waals surface area (Å²) in [5.74, 6) is 0.856. The average molecular weight is 242 g/mol. The molecule has 0 aliphatic rings. The van der Waals surface area contributed by atoms with E-state index in [1.165, 1.54) is 0 Å². The van der Waals surface area contributed by atoms with Crippen LogP contribution in [-0.2, 0) is 6.42 Å². The van der Waals surface area contributed by atoms with Gasteiger partial charge in [-0.25, -0.2) is 0 Å². The summed E-state index contributed by atoms with van der Waals surface area (Å²) in [5.41, 5.74) is 8.93. The molecule has 0 saturated carbocycles. The van der Waals surface area contributed by atoms with Crippen LogP contribution in [0.5, 0.6) is 5.75 Å². The number of rotatable bonds is 3. The fourth-order valence-corrected chi connectivity index (χ4v) is 2.13. The number of ether oxygens (including phenoxy) is 1. The number of nitrogens with two attached hydrogens (primary N) is 1. The topological polar surface area (TPSA) is 35.2 Å². The van der Waals surface area contributed by atoms with E-state index in [0.717, 1.165) is 27.5 Å². The standard InChI is InChI=1S/C13H20ClNO/c1-8-6-9(2)12(16-5)10(11(8)14)7-13(3,4)15/h6H,7,15H2,1-5H3. The summed E-state index contributed by atoms with van der Waals surface area (Å²) in [4.78, 5) is 0. The number of hydrogen-bond donors (Lipinski definition) is 1. The molecule has 0 spiro atoms. The van der Waals surface area contributed by atoms with Crippen LogP contribution >= 0.6 is 11.6 Å². The molecule has 0 fully saturated rings. The van der Waals surface area contributed by atoms with Crippen molar-refractivity contribution in [2.45, 2.75) is 39.7 Å². The minimum absolute atomic E-state index is 0.294. The molecular formula is C13H20ClNO. The first-order valence-corrected chi connectivity index (χ1v) is 5.75. The van der Waals surface area contributed by atoms with Crippen LogP contribution in [0.3, 0.4) is 0 Å². The van der Waals surface area contributed by atoms with E-state index >= 15 is 0 Å². The zero-order valence-electron chi connectivity index (χ0n) is 10.6. The van der Waals surface area contributed by atoms with Crippen LogP contribution in [0.15, 0.2) is 6.07 Å². The van der Waals surface area contributed by atoms with Crippen molar-refractivity contribution in [3.05, 3.63) is 27.8 Å². The molecule has 1 aromatic rings. The fourth-order valence-electron chi connectivity index (χ4n) is 1.93. The molecule has 0 radical (unpaired) electrons. The molecule has 0 bridgehead atoms. The highest BCUT2D eigenvalue weighted by Crippen LogP contribution is 2.34. The maximum absolute atomic E-state index is 6.32. The highest BCUT2D eigenvalue weighted by atomic mass is 35.5. The Morgan fingerprint density at radius 1 is 1.31 bits per heavy atom. The van der Waals surface area contributed by atoms with E-state index in [-0.39, 0.29) is 5.54 Å². The highest BCUT2D eigenvalue weighted by molar-refractivity contribution is 6.32. The van der Waals surface area contributed by atoms with Crippen molar-refractivity contribution in [1.29, 1.82) is 0 Å². The van der Waals surface area contributed by atoms with Crippen molar-refractivity contribution in [2.75, 3.05) is 7.11 Å². The minimum atomic E-state index is -0.294. The largest absolute Gasteiger partial charge is 0.496 e. The van der Waals surface area contributed by atoms with E-state index in [0.29, 0.717) is 6.42 Å². The number of methoxy groups -OCH3 is 1. The summed E-state index contributed by atoms with van der Waals surface area (Å²) in [6, 6.07) is 2.04. The predicted octanol–water partition coefficient (Wildman–Crippen LogP) is 3.25. The molecule has 2 N–H and O–H groups in total. The third-order valence-corrected chi connectivity index (χ3v) is 3.04. The number of halogens is 1. The Morgan fingerprint density at radius 2 is 1.88 bits per heavy atom. The average Bonchev–Trinajstić information content (AvgIpc) is 2.12. The van der Waals surface area contributed by atoms with Gasteiger partial charge in [0.1, 0.15) is 5.75 Å². The van der Waals surface area contributed by atoms with E-state index in [1.54, 1.807) is 7.11 Å². The summed E-state index contributed by atoms with van der Waals surface area (Å²) in [7, 11) is 1.67. The molecule has 0 atom stereocenters. The van der Waals surface area contributed by atoms with Crippen molar-refractivity contribution in [2.24, 2.45) is 5.73 Å². The summed E-state index contributed by atoms with van der Waals surface area (Å²) >= 11 is 6.32. The van der Waals surface area contributed by atoms with Gasteiger partial charge >= 0.3 is 0 Å². The molecule has 1 rings (SSSR count). The molecule has 0 saturated heterocycles. The summed E-state index contributed by atoms with van der Waals surface area (Å²) in [6.07, 6.45) is 0.706. The second-order valence-corrected chi connectivity index (χ2v) is 5.38. The smallest absolute Gasteiger partial charge is 0.126 e. The first-order chi connectivity index (χ1) is 7.26. The quantitative estimate of drug-likeness (QED) is 0.882. The van der Waals surface area contributed by atoms with Crippen LogP contribution in [0.25, 0.3) is 0 Å². The molecule has 0 aliphatic carbocycles. The molecule has 90 valence electrons. The van der Waals surface area contributed by atoms with Crippen LogP contribution in [0, 0.1) is 13.8 Å². The molecule has 0 unspecified atom stereocenters. The monoisotopic (exact) mass is 241 g/mol. The Hall–Kier alpha value is -0.730. The normalized spacial score (nSPS) is 11.7. The lowest BCUT2D eigenvalue weighted by Gasteiger charge is -2.23. The summed E-state index contributed by atoms with van der Waals surface area (Å²) in [6.45, 7) is 8.00. The van der Waals surface area contributed by atoms with Crippen LogP contribution in [0.1, 0.15) is 30.5 Å². The first kappa shape index (κ1) is 13.3. The lowest BCUT2D eigenvalue weighted by atomic mass is 9.93. The maximum Gasteiger partial charge on any atom is 0.126 e. The van der Waals surface area contributed by atoms with Crippen LogP contribution in [-0.4, -0.2) is 12.6 Å². The van der Waals surface area contributed by atoms with Crippen molar-refractivity contribution >= 4 is 11.6 Å². The van der Waals surface area contributed by atoms with E-state index in [2.05, 4.69) is 0 Å². The van der Waals surface area contributed by atoms with Crippen molar-refractivity contribution in [3.63, 3.8) is 0 Å². The fraction of sp³-hybridized carbons (Fsp3) is 0.538. The lowest BCUT2D eigenvalue weighted by Crippen LogP contribution is -2.34. The van der Waals surface area contributed by atoms with Gasteiger partial charge in [0.2, 0.25) is 0 Å². The Bertz CT molecular complexity index is 394. The second kappa shape index (κ2) is 4.64. The molecule has 16 heavy (non-hydrogen) atoms. The zero-order chi connectivity index (χ0) is 12.5. The Morgan fingerprint density at radius 3 is 2.31 bits per heavy atom. The molecule has 0 amide bonds. The van der Waals surface area contributed by atoms with E-state index in [4.69, 9.17) is 22.1 Å². The van der Waals surface area contributed by atoms with Crippen molar-refractivity contribution in [1.82, 2.24) is 0 Å². The zero-order valence-corrected chi connectivity index (χ0v) is 11.4. The highest BCUT2D eigenvalue weighted by Gasteiger charge is 2.20. The van der Waals surface area contributed by atoms with Gasteiger partial charge in [0.05, 0.1) is 12.1 Å². The number of aryl methyl sites for hydroxylation is 2. The van der Waals surface area contributed by atoms with E-state index in [9.17, 15) is 0 Å². The minimum Gasteiger partial charge on any atom is -0.496 e. The maximum atomic E-state index is 6.32. The number of benzene rings is 1. The van der Waals surface area contributed by atoms with Gasteiger partial charge in [-0.1, -0.05) is 17.7 Å². The lowest BCUT2D eigenvalue weighted by molar-refractivity contribution is 0.399. The third-order valence-electron chi connectivity index (χ3n) is 2.51. The SMILES string of the molecule is COc1c(C)cc(C)c(Cl)c1CC(C)(C)N. The Labute approximate surface area is 103 Å². The summed E-state index contributed by atoms with van der Waals surface area (Å²) in [5, 5.41) is 0.765. The third kappa shape index (κ3) is 2.89. The Balaban J connectivity index is 3.33. The van der Waals surface area contributed by atoms with Crippen LogP contribution < -0.4 is 10.5 Å². The van der Waals surface area contributed by atoms with Gasteiger partial charge in [-0.05, 0) is 45.2 Å². The van der Waals surface area contributed by atoms with Gasteiger partial charge < -0.3 is 10.5 Å². The second-order valence-electron chi connectivity index (χ2n) is 5.00. The van der Waals surface area contributed by atoms with E-state index in [1.807, 2.05) is 33.8 Å². The van der Waals surface area contributed by atoms with Crippen LogP contribution in [0.4, 0.5) is 0 Å². The van der Waals surface area contributed by atoms with Gasteiger partial charge in [0.15, 0.2) is 0 Å². The van der Waals surface area contributed by atoms with Crippen LogP contribution in [0.2, 0.25) is 5.02 Å². The summed E-state index contributed by atoms with van der Waals surface area (Å²) < 4.78 is 5.42. The Kier molecular flexibility index (Phi) is 3.87. The van der Waals surface area contributed by atoms with Gasteiger partial charge in [0.25, 0.3) is 0 Å². The van der Waals surface area contributed by atoms with E-state index < -0.39 is 0 Å². The molecule has 2 nitrogen and oxygen atoms in total. The molecule has 0 aromatic heterocycles. The molecule has 3 heteroatoms. The van der Waals surface area contributed by atoms with Gasteiger partial charge in [-0.15, -0.1) is 0 Å². The number of hydrogen-bond acceptors (Lipinski definition) is 2. The predicted molar refractivity (Wildman–Crippen MR) is 69.4 cm³/mol. The molecule has 0 aliphatic heterocycles. The van der Waals surface area contributed by atoms with Crippen molar-refractivity contribution < 1.29 is 4.74 Å².